The Labute approximate surface area is 159 Å². The summed E-state index contributed by atoms with van der Waals surface area (Å²) in [7, 11) is 1.70. The highest BCUT2D eigenvalue weighted by molar-refractivity contribution is 5.82. The van der Waals surface area contributed by atoms with Gasteiger partial charge in [0.25, 0.3) is 0 Å². The molecule has 2 aliphatic rings. The molecule has 1 fully saturated rings. The molecule has 2 N–H and O–H groups in total. The summed E-state index contributed by atoms with van der Waals surface area (Å²) in [6.45, 7) is 0. The zero-order chi connectivity index (χ0) is 18.4. The van der Waals surface area contributed by atoms with Crippen molar-refractivity contribution in [1.29, 1.82) is 0 Å². The SMILES string of the molecule is COc1cccc2c1-c1ccc(C(N)C3CC3)cc1C(c1ccccc1)O2. The van der Waals surface area contributed by atoms with Gasteiger partial charge >= 0.3 is 0 Å². The van der Waals surface area contributed by atoms with Gasteiger partial charge in [0.05, 0.1) is 12.7 Å². The molecule has 0 amide bonds. The number of fused-ring (bicyclic) bond motifs is 3. The van der Waals surface area contributed by atoms with Crippen LogP contribution in [0, 0.1) is 5.92 Å². The van der Waals surface area contributed by atoms with E-state index in [1.165, 1.54) is 18.4 Å². The molecule has 0 bridgehead atoms. The van der Waals surface area contributed by atoms with Gasteiger partial charge in [0.2, 0.25) is 0 Å². The Kier molecular flexibility index (Phi) is 3.91. The summed E-state index contributed by atoms with van der Waals surface area (Å²) in [5, 5.41) is 0. The Morgan fingerprint density at radius 3 is 2.56 bits per heavy atom. The Morgan fingerprint density at radius 1 is 1.00 bits per heavy atom. The molecule has 5 rings (SSSR count). The second kappa shape index (κ2) is 6.43. The molecule has 0 spiro atoms. The third-order valence-corrected chi connectivity index (χ3v) is 5.70. The maximum atomic E-state index is 6.50. The summed E-state index contributed by atoms with van der Waals surface area (Å²) in [6.07, 6.45) is 2.31. The summed E-state index contributed by atoms with van der Waals surface area (Å²) in [6, 6.07) is 23.1. The molecule has 3 heteroatoms. The van der Waals surface area contributed by atoms with Crippen LogP contribution in [0.25, 0.3) is 11.1 Å². The predicted molar refractivity (Wildman–Crippen MR) is 107 cm³/mol. The molecule has 1 aliphatic carbocycles. The first-order chi connectivity index (χ1) is 13.3. The van der Waals surface area contributed by atoms with Crippen molar-refractivity contribution in [2.24, 2.45) is 11.7 Å². The molecule has 3 nitrogen and oxygen atoms in total. The molecular formula is C24H23NO2. The first-order valence-electron chi connectivity index (χ1n) is 9.54. The third kappa shape index (κ3) is 2.79. The average molecular weight is 357 g/mol. The lowest BCUT2D eigenvalue weighted by Gasteiger charge is -2.31. The molecule has 2 atom stereocenters. The predicted octanol–water partition coefficient (Wildman–Crippen LogP) is 5.25. The molecule has 27 heavy (non-hydrogen) atoms. The van der Waals surface area contributed by atoms with E-state index in [1.54, 1.807) is 7.11 Å². The van der Waals surface area contributed by atoms with Crippen molar-refractivity contribution in [3.63, 3.8) is 0 Å². The number of hydrogen-bond donors (Lipinski definition) is 1. The molecule has 3 aromatic rings. The highest BCUT2D eigenvalue weighted by atomic mass is 16.5. The summed E-state index contributed by atoms with van der Waals surface area (Å²) < 4.78 is 12.1. The molecule has 1 saturated carbocycles. The van der Waals surface area contributed by atoms with Crippen LogP contribution in [0.2, 0.25) is 0 Å². The zero-order valence-corrected chi connectivity index (χ0v) is 15.4. The first kappa shape index (κ1) is 16.4. The highest BCUT2D eigenvalue weighted by Crippen LogP contribution is 2.50. The van der Waals surface area contributed by atoms with Gasteiger partial charge in [-0.3, -0.25) is 0 Å². The van der Waals surface area contributed by atoms with Gasteiger partial charge in [0, 0.05) is 11.6 Å². The van der Waals surface area contributed by atoms with E-state index in [-0.39, 0.29) is 12.1 Å². The smallest absolute Gasteiger partial charge is 0.149 e. The van der Waals surface area contributed by atoms with E-state index in [0.717, 1.165) is 33.8 Å². The van der Waals surface area contributed by atoms with Crippen LogP contribution < -0.4 is 15.2 Å². The van der Waals surface area contributed by atoms with Gasteiger partial charge < -0.3 is 15.2 Å². The van der Waals surface area contributed by atoms with Gasteiger partial charge in [0.15, 0.2) is 0 Å². The number of hydrogen-bond acceptors (Lipinski definition) is 3. The molecule has 1 aliphatic heterocycles. The Bertz CT molecular complexity index is 979. The van der Waals surface area contributed by atoms with Gasteiger partial charge in [-0.2, -0.15) is 0 Å². The van der Waals surface area contributed by atoms with Crippen LogP contribution in [0.5, 0.6) is 11.5 Å². The summed E-state index contributed by atoms with van der Waals surface area (Å²) in [5.41, 5.74) is 12.2. The maximum absolute atomic E-state index is 6.50. The van der Waals surface area contributed by atoms with Crippen LogP contribution in [0.4, 0.5) is 0 Å². The fraction of sp³-hybridized carbons (Fsp3) is 0.250. The zero-order valence-electron chi connectivity index (χ0n) is 15.4. The molecule has 0 radical (unpaired) electrons. The lowest BCUT2D eigenvalue weighted by molar-refractivity contribution is 0.242. The monoisotopic (exact) mass is 357 g/mol. The second-order valence-corrected chi connectivity index (χ2v) is 7.45. The lowest BCUT2D eigenvalue weighted by atomic mass is 9.86. The van der Waals surface area contributed by atoms with E-state index in [4.69, 9.17) is 15.2 Å². The van der Waals surface area contributed by atoms with E-state index >= 15 is 0 Å². The maximum Gasteiger partial charge on any atom is 0.149 e. The van der Waals surface area contributed by atoms with Crippen LogP contribution in [0.15, 0.2) is 66.7 Å². The minimum atomic E-state index is -0.146. The number of methoxy groups -OCH3 is 1. The average Bonchev–Trinajstić information content (AvgIpc) is 3.57. The van der Waals surface area contributed by atoms with Crippen molar-refractivity contribution in [2.45, 2.75) is 25.0 Å². The van der Waals surface area contributed by atoms with Crippen molar-refractivity contribution < 1.29 is 9.47 Å². The van der Waals surface area contributed by atoms with E-state index in [0.29, 0.717) is 5.92 Å². The Balaban J connectivity index is 1.70. The highest BCUT2D eigenvalue weighted by Gasteiger charge is 2.33. The fourth-order valence-electron chi connectivity index (χ4n) is 4.07. The molecule has 2 unspecified atom stereocenters. The van der Waals surface area contributed by atoms with Crippen molar-refractivity contribution in [1.82, 2.24) is 0 Å². The fourth-order valence-corrected chi connectivity index (χ4v) is 4.07. The van der Waals surface area contributed by atoms with E-state index in [1.807, 2.05) is 24.3 Å². The normalized spacial score (nSPS) is 18.8. The quantitative estimate of drug-likeness (QED) is 0.693. The molecule has 1 heterocycles. The van der Waals surface area contributed by atoms with Crippen LogP contribution in [0.1, 0.15) is 41.7 Å². The second-order valence-electron chi connectivity index (χ2n) is 7.45. The van der Waals surface area contributed by atoms with Gasteiger partial charge in [-0.1, -0.05) is 48.5 Å². The van der Waals surface area contributed by atoms with Gasteiger partial charge in [-0.25, -0.2) is 0 Å². The summed E-state index contributed by atoms with van der Waals surface area (Å²) in [5.74, 6) is 2.30. The van der Waals surface area contributed by atoms with Crippen molar-refractivity contribution >= 4 is 0 Å². The minimum Gasteiger partial charge on any atom is -0.496 e. The molecule has 3 aromatic carbocycles. The number of benzene rings is 3. The standard InChI is InChI=1S/C24H23NO2/c1-26-20-8-5-9-21-22(20)18-13-12-17(23(25)15-10-11-15)14-19(18)24(27-21)16-6-3-2-4-7-16/h2-9,12-15,23-24H,10-11,25H2,1H3. The van der Waals surface area contributed by atoms with E-state index < -0.39 is 0 Å². The summed E-state index contributed by atoms with van der Waals surface area (Å²) in [4.78, 5) is 0. The minimum absolute atomic E-state index is 0.103. The topological polar surface area (TPSA) is 44.5 Å². The lowest BCUT2D eigenvalue weighted by Crippen LogP contribution is -2.18. The summed E-state index contributed by atoms with van der Waals surface area (Å²) >= 11 is 0. The van der Waals surface area contributed by atoms with Gasteiger partial charge in [0.1, 0.15) is 17.6 Å². The first-order valence-corrected chi connectivity index (χ1v) is 9.54. The Hall–Kier alpha value is -2.78. The van der Waals surface area contributed by atoms with Crippen LogP contribution in [0.3, 0.4) is 0 Å². The third-order valence-electron chi connectivity index (χ3n) is 5.70. The molecule has 0 saturated heterocycles. The van der Waals surface area contributed by atoms with Gasteiger partial charge in [-0.15, -0.1) is 0 Å². The number of rotatable bonds is 4. The van der Waals surface area contributed by atoms with Gasteiger partial charge in [-0.05, 0) is 53.6 Å². The largest absolute Gasteiger partial charge is 0.496 e. The van der Waals surface area contributed by atoms with E-state index in [9.17, 15) is 0 Å². The number of nitrogens with two attached hydrogens (primary N) is 1. The number of ether oxygens (including phenoxy) is 2. The van der Waals surface area contributed by atoms with Crippen molar-refractivity contribution in [3.8, 4) is 22.6 Å². The molecular weight excluding hydrogens is 334 g/mol. The van der Waals surface area contributed by atoms with E-state index in [2.05, 4.69) is 42.5 Å². The van der Waals surface area contributed by atoms with Crippen molar-refractivity contribution in [3.05, 3.63) is 83.4 Å². The van der Waals surface area contributed by atoms with Crippen LogP contribution in [-0.2, 0) is 0 Å². The Morgan fingerprint density at radius 2 is 1.81 bits per heavy atom. The molecule has 0 aromatic heterocycles. The van der Waals surface area contributed by atoms with Crippen molar-refractivity contribution in [2.75, 3.05) is 7.11 Å². The van der Waals surface area contributed by atoms with Crippen LogP contribution in [-0.4, -0.2) is 7.11 Å². The molecule has 136 valence electrons. The van der Waals surface area contributed by atoms with Crippen LogP contribution >= 0.6 is 0 Å².